The number of H-pyrrole nitrogens is 1. The second kappa shape index (κ2) is 6.13. The Bertz CT molecular complexity index is 439. The van der Waals surface area contributed by atoms with Crippen molar-refractivity contribution in [1.82, 2.24) is 20.0 Å². The van der Waals surface area contributed by atoms with Gasteiger partial charge in [0.15, 0.2) is 5.03 Å². The molecule has 7 heteroatoms. The topological polar surface area (TPSA) is 86.9 Å². The number of hydrogen-bond donors (Lipinski definition) is 3. The summed E-state index contributed by atoms with van der Waals surface area (Å²) in [6.45, 7) is 6.90. The fourth-order valence-corrected chi connectivity index (χ4v) is 2.25. The number of aryl methyl sites for hydroxylation is 1. The van der Waals surface area contributed by atoms with E-state index in [9.17, 15) is 8.42 Å². The molecule has 0 bridgehead atoms. The summed E-state index contributed by atoms with van der Waals surface area (Å²) in [7, 11) is -3.46. The summed E-state index contributed by atoms with van der Waals surface area (Å²) >= 11 is 0. The Morgan fingerprint density at radius 1 is 1.41 bits per heavy atom. The van der Waals surface area contributed by atoms with Crippen LogP contribution < -0.4 is 10.0 Å². The quantitative estimate of drug-likeness (QED) is 0.613. The van der Waals surface area contributed by atoms with Crippen molar-refractivity contribution >= 4 is 10.0 Å². The van der Waals surface area contributed by atoms with Gasteiger partial charge in [0.25, 0.3) is 10.0 Å². The lowest BCUT2D eigenvalue weighted by Crippen LogP contribution is -2.34. The first kappa shape index (κ1) is 14.1. The van der Waals surface area contributed by atoms with Gasteiger partial charge in [-0.2, -0.15) is 0 Å². The third-order valence-corrected chi connectivity index (χ3v) is 3.57. The molecule has 1 aromatic heterocycles. The lowest BCUT2D eigenvalue weighted by atomic mass is 10.4. The molecular formula is C10H20N4O2S. The summed E-state index contributed by atoms with van der Waals surface area (Å²) < 4.78 is 26.1. The Morgan fingerprint density at radius 2 is 2.12 bits per heavy atom. The minimum absolute atomic E-state index is 0.124. The van der Waals surface area contributed by atoms with Gasteiger partial charge in [-0.3, -0.25) is 0 Å². The molecule has 0 unspecified atom stereocenters. The van der Waals surface area contributed by atoms with Gasteiger partial charge in [-0.1, -0.05) is 20.8 Å². The van der Waals surface area contributed by atoms with Crippen LogP contribution in [-0.2, 0) is 16.4 Å². The maximum Gasteiger partial charge on any atom is 0.257 e. The smallest absolute Gasteiger partial charge is 0.257 e. The monoisotopic (exact) mass is 260 g/mol. The molecule has 0 amide bonds. The number of aromatic nitrogens is 2. The number of hydrogen-bond acceptors (Lipinski definition) is 4. The van der Waals surface area contributed by atoms with Crippen LogP contribution >= 0.6 is 0 Å². The van der Waals surface area contributed by atoms with Gasteiger partial charge in [0.2, 0.25) is 0 Å². The molecule has 0 saturated carbocycles. The molecule has 3 N–H and O–H groups in total. The maximum absolute atomic E-state index is 11.8. The lowest BCUT2D eigenvalue weighted by Gasteiger charge is -2.08. The number of nitrogens with one attached hydrogen (secondary N) is 3. The van der Waals surface area contributed by atoms with Crippen LogP contribution in [0.1, 0.15) is 26.6 Å². The van der Waals surface area contributed by atoms with Crippen molar-refractivity contribution in [1.29, 1.82) is 0 Å². The summed E-state index contributed by atoms with van der Waals surface area (Å²) in [5.74, 6) is 0.672. The van der Waals surface area contributed by atoms with Crippen LogP contribution in [0.15, 0.2) is 11.2 Å². The van der Waals surface area contributed by atoms with E-state index in [-0.39, 0.29) is 5.03 Å². The van der Waals surface area contributed by atoms with Crippen LogP contribution in [0.5, 0.6) is 0 Å². The van der Waals surface area contributed by atoms with E-state index in [1.54, 1.807) is 0 Å². The molecular weight excluding hydrogens is 240 g/mol. The molecule has 0 aliphatic rings. The van der Waals surface area contributed by atoms with Crippen LogP contribution in [0.4, 0.5) is 0 Å². The predicted molar refractivity (Wildman–Crippen MR) is 66.3 cm³/mol. The Hall–Kier alpha value is -0.920. The van der Waals surface area contributed by atoms with E-state index in [1.807, 2.05) is 20.8 Å². The first-order chi connectivity index (χ1) is 7.95. The van der Waals surface area contributed by atoms with Crippen molar-refractivity contribution in [3.05, 3.63) is 12.0 Å². The Morgan fingerprint density at radius 3 is 2.65 bits per heavy atom. The molecule has 0 fully saturated rings. The molecule has 0 aromatic carbocycles. The first-order valence-electron chi connectivity index (χ1n) is 5.72. The Balaban J connectivity index is 2.51. The van der Waals surface area contributed by atoms with Crippen molar-refractivity contribution in [3.8, 4) is 0 Å². The number of aromatic amines is 1. The van der Waals surface area contributed by atoms with Gasteiger partial charge < -0.3 is 10.3 Å². The van der Waals surface area contributed by atoms with Crippen LogP contribution in [0, 0.1) is 0 Å². The molecule has 1 heterocycles. The summed E-state index contributed by atoms with van der Waals surface area (Å²) in [5.41, 5.74) is 0. The normalized spacial score (nSPS) is 12.2. The minimum atomic E-state index is -3.46. The molecule has 0 aliphatic heterocycles. The van der Waals surface area contributed by atoms with Gasteiger partial charge in [-0.05, 0) is 0 Å². The molecule has 0 spiro atoms. The van der Waals surface area contributed by atoms with Crippen molar-refractivity contribution in [2.24, 2.45) is 0 Å². The highest BCUT2D eigenvalue weighted by atomic mass is 32.2. The predicted octanol–water partition coefficient (Wildman–Crippen LogP) is 0.248. The van der Waals surface area contributed by atoms with Gasteiger partial charge in [-0.15, -0.1) is 0 Å². The van der Waals surface area contributed by atoms with Crippen LogP contribution in [0.3, 0.4) is 0 Å². The van der Waals surface area contributed by atoms with E-state index in [0.29, 0.717) is 31.4 Å². The third-order valence-electron chi connectivity index (χ3n) is 2.20. The van der Waals surface area contributed by atoms with Gasteiger partial charge in [-0.25, -0.2) is 18.1 Å². The van der Waals surface area contributed by atoms with E-state index in [2.05, 4.69) is 20.0 Å². The Kier molecular flexibility index (Phi) is 5.10. The van der Waals surface area contributed by atoms with Crippen LogP contribution in [-0.4, -0.2) is 37.5 Å². The Labute approximate surface area is 102 Å². The zero-order chi connectivity index (χ0) is 12.9. The molecule has 0 aliphatic carbocycles. The lowest BCUT2D eigenvalue weighted by molar-refractivity contribution is 0.557. The number of nitrogens with zero attached hydrogens (tertiary/aromatic N) is 1. The minimum Gasteiger partial charge on any atom is -0.332 e. The van der Waals surface area contributed by atoms with Crippen molar-refractivity contribution in [2.45, 2.75) is 38.3 Å². The molecule has 6 nitrogen and oxygen atoms in total. The zero-order valence-electron chi connectivity index (χ0n) is 10.4. The summed E-state index contributed by atoms with van der Waals surface area (Å²) in [6.07, 6.45) is 2.03. The first-order valence-corrected chi connectivity index (χ1v) is 7.21. The largest absolute Gasteiger partial charge is 0.332 e. The average Bonchev–Trinajstić information content (AvgIpc) is 2.73. The second-order valence-electron chi connectivity index (χ2n) is 4.05. The van der Waals surface area contributed by atoms with Crippen LogP contribution in [0.2, 0.25) is 0 Å². The zero-order valence-corrected chi connectivity index (χ0v) is 11.3. The molecule has 1 rings (SSSR count). The molecule has 0 radical (unpaired) electrons. The molecule has 98 valence electrons. The van der Waals surface area contributed by atoms with E-state index in [0.717, 1.165) is 0 Å². The van der Waals surface area contributed by atoms with Crippen molar-refractivity contribution < 1.29 is 8.42 Å². The van der Waals surface area contributed by atoms with Gasteiger partial charge in [0.05, 0.1) is 6.20 Å². The highest BCUT2D eigenvalue weighted by molar-refractivity contribution is 7.89. The fraction of sp³-hybridized carbons (Fsp3) is 0.700. The van der Waals surface area contributed by atoms with E-state index >= 15 is 0 Å². The number of rotatable bonds is 7. The summed E-state index contributed by atoms with van der Waals surface area (Å²) in [6, 6.07) is 0.346. The van der Waals surface area contributed by atoms with Gasteiger partial charge in [0.1, 0.15) is 5.82 Å². The molecule has 17 heavy (non-hydrogen) atoms. The maximum atomic E-state index is 11.8. The van der Waals surface area contributed by atoms with Crippen molar-refractivity contribution in [2.75, 3.05) is 13.1 Å². The van der Waals surface area contributed by atoms with E-state index in [1.165, 1.54) is 6.20 Å². The third kappa shape index (κ3) is 4.45. The van der Waals surface area contributed by atoms with Gasteiger partial charge in [0, 0.05) is 25.6 Å². The standard InChI is InChI=1S/C10H20N4O2S/c1-4-9-12-7-10(14-9)17(15,16)13-6-5-11-8(2)3/h7-8,11,13H,4-6H2,1-3H3,(H,12,14). The number of sulfonamides is 1. The fourth-order valence-electron chi connectivity index (χ4n) is 1.28. The van der Waals surface area contributed by atoms with Crippen molar-refractivity contribution in [3.63, 3.8) is 0 Å². The van der Waals surface area contributed by atoms with E-state index in [4.69, 9.17) is 0 Å². The molecule has 0 atom stereocenters. The molecule has 1 aromatic rings. The SMILES string of the molecule is CCc1ncc(S(=O)(=O)NCCNC(C)C)[nH]1. The second-order valence-corrected chi connectivity index (χ2v) is 5.79. The molecule has 0 saturated heterocycles. The number of imidazole rings is 1. The highest BCUT2D eigenvalue weighted by Gasteiger charge is 2.15. The van der Waals surface area contributed by atoms with Gasteiger partial charge >= 0.3 is 0 Å². The summed E-state index contributed by atoms with van der Waals surface area (Å²) in [5, 5.41) is 3.26. The summed E-state index contributed by atoms with van der Waals surface area (Å²) in [4.78, 5) is 6.74. The van der Waals surface area contributed by atoms with E-state index < -0.39 is 10.0 Å². The average molecular weight is 260 g/mol. The van der Waals surface area contributed by atoms with Crippen LogP contribution in [0.25, 0.3) is 0 Å². The highest BCUT2D eigenvalue weighted by Crippen LogP contribution is 2.05.